The highest BCUT2D eigenvalue weighted by atomic mass is 16.6. The molecule has 1 aromatic rings. The second-order valence-electron chi connectivity index (χ2n) is 5.68. The van der Waals surface area contributed by atoms with Crippen LogP contribution < -0.4 is 10.1 Å². The molecule has 0 saturated carbocycles. The number of ether oxygens (including phenoxy) is 2. The van der Waals surface area contributed by atoms with E-state index in [0.717, 1.165) is 11.4 Å². The summed E-state index contributed by atoms with van der Waals surface area (Å²) in [6.45, 7) is 9.42. The molecule has 0 fully saturated rings. The topological polar surface area (TPSA) is 50.8 Å². The number of hydrogen-bond donors (Lipinski definition) is 1. The van der Waals surface area contributed by atoms with Crippen LogP contribution in [0.2, 0.25) is 0 Å². The van der Waals surface area contributed by atoms with Crippen molar-refractivity contribution in [3.05, 3.63) is 24.3 Å². The van der Waals surface area contributed by atoms with Crippen LogP contribution in [0.4, 0.5) is 10.5 Å². The van der Waals surface area contributed by atoms with Gasteiger partial charge in [0.15, 0.2) is 0 Å². The average Bonchev–Trinajstić information content (AvgIpc) is 2.43. The number of methoxy groups -OCH3 is 1. The molecule has 1 rings (SSSR count). The van der Waals surface area contributed by atoms with Gasteiger partial charge in [-0.15, -0.1) is 0 Å². The van der Waals surface area contributed by atoms with E-state index in [-0.39, 0.29) is 11.6 Å². The Balaban J connectivity index is 2.54. The highest BCUT2D eigenvalue weighted by Gasteiger charge is 2.26. The summed E-state index contributed by atoms with van der Waals surface area (Å²) in [5.74, 6) is 0.823. The van der Waals surface area contributed by atoms with Crippen molar-refractivity contribution in [2.75, 3.05) is 32.1 Å². The Kier molecular flexibility index (Phi) is 6.34. The summed E-state index contributed by atoms with van der Waals surface area (Å²) in [6.07, 6.45) is -0.276. The number of carbonyl (C=O) groups excluding carboxylic acids is 1. The van der Waals surface area contributed by atoms with Gasteiger partial charge in [-0.3, -0.25) is 0 Å². The fourth-order valence-corrected chi connectivity index (χ4v) is 1.92. The molecule has 0 spiro atoms. The van der Waals surface area contributed by atoms with E-state index < -0.39 is 0 Å². The Labute approximate surface area is 127 Å². The van der Waals surface area contributed by atoms with Crippen LogP contribution in [0.3, 0.4) is 0 Å². The number of anilines is 1. The fourth-order valence-electron chi connectivity index (χ4n) is 1.92. The number of benzene rings is 1. The highest BCUT2D eigenvalue weighted by molar-refractivity contribution is 5.68. The van der Waals surface area contributed by atoms with Crippen LogP contribution in [0.25, 0.3) is 0 Å². The van der Waals surface area contributed by atoms with Crippen LogP contribution in [0.1, 0.15) is 27.7 Å². The minimum Gasteiger partial charge on any atom is -0.497 e. The summed E-state index contributed by atoms with van der Waals surface area (Å²) in [7, 11) is 1.64. The molecule has 5 nitrogen and oxygen atoms in total. The quantitative estimate of drug-likeness (QED) is 0.874. The SMILES string of the molecule is CCOC(=O)N(CCNc1ccc(OC)cc1)C(C)(C)C. The molecule has 118 valence electrons. The zero-order valence-electron chi connectivity index (χ0n) is 13.6. The van der Waals surface area contributed by atoms with E-state index in [0.29, 0.717) is 19.7 Å². The van der Waals surface area contributed by atoms with Gasteiger partial charge >= 0.3 is 6.09 Å². The van der Waals surface area contributed by atoms with Gasteiger partial charge in [0.05, 0.1) is 13.7 Å². The first-order valence-corrected chi connectivity index (χ1v) is 7.20. The molecule has 0 unspecified atom stereocenters. The lowest BCUT2D eigenvalue weighted by Crippen LogP contribution is -2.48. The lowest BCUT2D eigenvalue weighted by Gasteiger charge is -2.34. The molecule has 1 aromatic carbocycles. The lowest BCUT2D eigenvalue weighted by molar-refractivity contribution is 0.0735. The van der Waals surface area contributed by atoms with Crippen LogP contribution in [0, 0.1) is 0 Å². The molecule has 0 aliphatic heterocycles. The van der Waals surface area contributed by atoms with Crippen molar-refractivity contribution < 1.29 is 14.3 Å². The molecule has 1 N–H and O–H groups in total. The molecule has 0 aromatic heterocycles. The van der Waals surface area contributed by atoms with Gasteiger partial charge in [0, 0.05) is 24.3 Å². The minimum absolute atomic E-state index is 0.270. The zero-order valence-corrected chi connectivity index (χ0v) is 13.6. The Morgan fingerprint density at radius 3 is 2.33 bits per heavy atom. The van der Waals surface area contributed by atoms with E-state index in [1.165, 1.54) is 0 Å². The largest absolute Gasteiger partial charge is 0.497 e. The highest BCUT2D eigenvalue weighted by Crippen LogP contribution is 2.16. The number of nitrogens with one attached hydrogen (secondary N) is 1. The lowest BCUT2D eigenvalue weighted by atomic mass is 10.1. The average molecular weight is 294 g/mol. The maximum atomic E-state index is 12.0. The second kappa shape index (κ2) is 7.76. The normalized spacial score (nSPS) is 10.9. The van der Waals surface area contributed by atoms with E-state index in [9.17, 15) is 4.79 Å². The van der Waals surface area contributed by atoms with Crippen molar-refractivity contribution in [2.45, 2.75) is 33.2 Å². The maximum Gasteiger partial charge on any atom is 0.410 e. The van der Waals surface area contributed by atoms with E-state index in [4.69, 9.17) is 9.47 Å². The van der Waals surface area contributed by atoms with Gasteiger partial charge in [0.2, 0.25) is 0 Å². The molecular weight excluding hydrogens is 268 g/mol. The van der Waals surface area contributed by atoms with Gasteiger partial charge in [0.25, 0.3) is 0 Å². The summed E-state index contributed by atoms with van der Waals surface area (Å²) in [6, 6.07) is 7.69. The van der Waals surface area contributed by atoms with Gasteiger partial charge in [-0.2, -0.15) is 0 Å². The summed E-state index contributed by atoms with van der Waals surface area (Å²) < 4.78 is 10.2. The Bertz CT molecular complexity index is 438. The van der Waals surface area contributed by atoms with E-state index >= 15 is 0 Å². The maximum absolute atomic E-state index is 12.0. The first-order chi connectivity index (χ1) is 9.88. The van der Waals surface area contributed by atoms with Gasteiger partial charge in [-0.1, -0.05) is 0 Å². The van der Waals surface area contributed by atoms with E-state index in [1.807, 2.05) is 52.0 Å². The summed E-state index contributed by atoms with van der Waals surface area (Å²) in [5, 5.41) is 3.29. The van der Waals surface area contributed by atoms with Crippen molar-refractivity contribution in [3.63, 3.8) is 0 Å². The third-order valence-corrected chi connectivity index (χ3v) is 3.05. The summed E-state index contributed by atoms with van der Waals surface area (Å²) >= 11 is 0. The van der Waals surface area contributed by atoms with Crippen LogP contribution in [0.15, 0.2) is 24.3 Å². The number of nitrogens with zero attached hydrogens (tertiary/aromatic N) is 1. The summed E-state index contributed by atoms with van der Waals surface area (Å²) in [5.41, 5.74) is 0.724. The van der Waals surface area contributed by atoms with Crippen molar-refractivity contribution in [2.24, 2.45) is 0 Å². The monoisotopic (exact) mass is 294 g/mol. The van der Waals surface area contributed by atoms with Crippen molar-refractivity contribution in [1.29, 1.82) is 0 Å². The first-order valence-electron chi connectivity index (χ1n) is 7.20. The van der Waals surface area contributed by atoms with Crippen LogP contribution >= 0.6 is 0 Å². The van der Waals surface area contributed by atoms with Gasteiger partial charge < -0.3 is 19.7 Å². The smallest absolute Gasteiger partial charge is 0.410 e. The zero-order chi connectivity index (χ0) is 15.9. The number of carbonyl (C=O) groups is 1. The molecule has 0 aliphatic carbocycles. The number of rotatable bonds is 6. The minimum atomic E-state index is -0.276. The third kappa shape index (κ3) is 5.53. The molecule has 0 aliphatic rings. The van der Waals surface area contributed by atoms with Crippen LogP contribution in [-0.2, 0) is 4.74 Å². The third-order valence-electron chi connectivity index (χ3n) is 3.05. The van der Waals surface area contributed by atoms with Crippen molar-refractivity contribution in [3.8, 4) is 5.75 Å². The molecule has 0 atom stereocenters. The molecule has 0 heterocycles. The van der Waals surface area contributed by atoms with Crippen molar-refractivity contribution in [1.82, 2.24) is 4.90 Å². The Morgan fingerprint density at radius 1 is 1.24 bits per heavy atom. The second-order valence-corrected chi connectivity index (χ2v) is 5.68. The van der Waals surface area contributed by atoms with E-state index in [2.05, 4.69) is 5.32 Å². The molecule has 21 heavy (non-hydrogen) atoms. The van der Waals surface area contributed by atoms with Gasteiger partial charge in [0.1, 0.15) is 5.75 Å². The van der Waals surface area contributed by atoms with Crippen molar-refractivity contribution >= 4 is 11.8 Å². The van der Waals surface area contributed by atoms with E-state index in [1.54, 1.807) is 12.0 Å². The fraction of sp³-hybridized carbons (Fsp3) is 0.562. The summed E-state index contributed by atoms with van der Waals surface area (Å²) in [4.78, 5) is 13.7. The number of hydrogen-bond acceptors (Lipinski definition) is 4. The molecular formula is C16H26N2O3. The predicted molar refractivity (Wildman–Crippen MR) is 85.0 cm³/mol. The first kappa shape index (κ1) is 17.1. The Hall–Kier alpha value is -1.91. The molecule has 5 heteroatoms. The molecule has 0 saturated heterocycles. The standard InChI is InChI=1S/C16H26N2O3/c1-6-21-15(19)18(16(2,3)4)12-11-17-13-7-9-14(20-5)10-8-13/h7-10,17H,6,11-12H2,1-5H3. The predicted octanol–water partition coefficient (Wildman–Crippen LogP) is 3.36. The molecule has 1 amide bonds. The number of amides is 1. The molecule has 0 bridgehead atoms. The molecule has 0 radical (unpaired) electrons. The Morgan fingerprint density at radius 2 is 1.86 bits per heavy atom. The van der Waals surface area contributed by atoms with Crippen LogP contribution in [0.5, 0.6) is 5.75 Å². The van der Waals surface area contributed by atoms with Gasteiger partial charge in [-0.05, 0) is 52.0 Å². The van der Waals surface area contributed by atoms with Crippen LogP contribution in [-0.4, -0.2) is 43.3 Å². The van der Waals surface area contributed by atoms with Gasteiger partial charge in [-0.25, -0.2) is 4.79 Å².